The summed E-state index contributed by atoms with van der Waals surface area (Å²) in [4.78, 5) is 1.24. The zero-order valence-corrected chi connectivity index (χ0v) is 10.5. The second-order valence-corrected chi connectivity index (χ2v) is 5.98. The SMILES string of the molecule is CSc1cccc(C2(O)CCSCC2)c1. The number of hydrogen-bond acceptors (Lipinski definition) is 3. The van der Waals surface area contributed by atoms with Crippen LogP contribution in [0.25, 0.3) is 0 Å². The quantitative estimate of drug-likeness (QED) is 0.802. The van der Waals surface area contributed by atoms with Gasteiger partial charge in [0.1, 0.15) is 0 Å². The van der Waals surface area contributed by atoms with Crippen molar-refractivity contribution in [1.82, 2.24) is 0 Å². The van der Waals surface area contributed by atoms with Gasteiger partial charge in [0.15, 0.2) is 0 Å². The van der Waals surface area contributed by atoms with Crippen molar-refractivity contribution >= 4 is 23.5 Å². The van der Waals surface area contributed by atoms with Gasteiger partial charge in [0.2, 0.25) is 0 Å². The molecule has 0 aliphatic carbocycles. The summed E-state index contributed by atoms with van der Waals surface area (Å²) in [5.74, 6) is 2.14. The molecule has 0 aromatic heterocycles. The maximum absolute atomic E-state index is 10.5. The van der Waals surface area contributed by atoms with E-state index < -0.39 is 5.60 Å². The molecule has 0 amide bonds. The lowest BCUT2D eigenvalue weighted by Crippen LogP contribution is -2.30. The van der Waals surface area contributed by atoms with E-state index in [1.54, 1.807) is 11.8 Å². The van der Waals surface area contributed by atoms with E-state index >= 15 is 0 Å². The van der Waals surface area contributed by atoms with Crippen LogP contribution in [0, 0.1) is 0 Å². The molecular weight excluding hydrogens is 224 g/mol. The highest BCUT2D eigenvalue weighted by atomic mass is 32.2. The maximum Gasteiger partial charge on any atom is 0.0912 e. The second kappa shape index (κ2) is 4.81. The predicted molar refractivity (Wildman–Crippen MR) is 68.7 cm³/mol. The fourth-order valence-electron chi connectivity index (χ4n) is 1.91. The lowest BCUT2D eigenvalue weighted by Gasteiger charge is -2.32. The summed E-state index contributed by atoms with van der Waals surface area (Å²) in [7, 11) is 0. The minimum atomic E-state index is -0.572. The highest BCUT2D eigenvalue weighted by Crippen LogP contribution is 2.36. The van der Waals surface area contributed by atoms with E-state index in [9.17, 15) is 5.11 Å². The Bertz CT molecular complexity index is 332. The van der Waals surface area contributed by atoms with Crippen LogP contribution in [0.4, 0.5) is 0 Å². The van der Waals surface area contributed by atoms with Crippen LogP contribution in [0.3, 0.4) is 0 Å². The van der Waals surface area contributed by atoms with Crippen LogP contribution < -0.4 is 0 Å². The average molecular weight is 240 g/mol. The Morgan fingerprint density at radius 3 is 2.73 bits per heavy atom. The van der Waals surface area contributed by atoms with Crippen LogP contribution in [0.2, 0.25) is 0 Å². The number of hydrogen-bond donors (Lipinski definition) is 1. The third kappa shape index (κ3) is 2.52. The van der Waals surface area contributed by atoms with E-state index in [1.807, 2.05) is 17.8 Å². The summed E-state index contributed by atoms with van der Waals surface area (Å²) in [6, 6.07) is 8.31. The Morgan fingerprint density at radius 1 is 1.33 bits per heavy atom. The molecule has 1 fully saturated rings. The Morgan fingerprint density at radius 2 is 2.07 bits per heavy atom. The number of thioether (sulfide) groups is 2. The van der Waals surface area contributed by atoms with Gasteiger partial charge in [-0.15, -0.1) is 11.8 Å². The molecule has 0 unspecified atom stereocenters. The molecular formula is C12H16OS2. The molecule has 1 saturated heterocycles. The van der Waals surface area contributed by atoms with Crippen molar-refractivity contribution in [2.24, 2.45) is 0 Å². The monoisotopic (exact) mass is 240 g/mol. The van der Waals surface area contributed by atoms with Crippen molar-refractivity contribution in [3.05, 3.63) is 29.8 Å². The zero-order valence-electron chi connectivity index (χ0n) is 8.90. The van der Waals surface area contributed by atoms with E-state index in [2.05, 4.69) is 24.5 Å². The molecule has 3 heteroatoms. The van der Waals surface area contributed by atoms with Crippen LogP contribution in [0.1, 0.15) is 18.4 Å². The van der Waals surface area contributed by atoms with Crippen LogP contribution in [0.15, 0.2) is 29.2 Å². The smallest absolute Gasteiger partial charge is 0.0912 e. The van der Waals surface area contributed by atoms with Gasteiger partial charge in [-0.25, -0.2) is 0 Å². The number of rotatable bonds is 2. The van der Waals surface area contributed by atoms with Crippen molar-refractivity contribution in [2.75, 3.05) is 17.8 Å². The highest BCUT2D eigenvalue weighted by Gasteiger charge is 2.31. The summed E-state index contributed by atoms with van der Waals surface area (Å²) >= 11 is 3.67. The van der Waals surface area contributed by atoms with Gasteiger partial charge < -0.3 is 5.11 Å². The minimum absolute atomic E-state index is 0.572. The van der Waals surface area contributed by atoms with E-state index in [0.717, 1.165) is 29.9 Å². The van der Waals surface area contributed by atoms with E-state index in [-0.39, 0.29) is 0 Å². The summed E-state index contributed by atoms with van der Waals surface area (Å²) in [5.41, 5.74) is 0.520. The Labute approximate surface area is 99.7 Å². The fourth-order valence-corrected chi connectivity index (χ4v) is 3.54. The van der Waals surface area contributed by atoms with E-state index in [1.165, 1.54) is 4.90 Å². The van der Waals surface area contributed by atoms with Gasteiger partial charge in [-0.3, -0.25) is 0 Å². The molecule has 0 bridgehead atoms. The van der Waals surface area contributed by atoms with Gasteiger partial charge in [-0.05, 0) is 48.3 Å². The second-order valence-electron chi connectivity index (χ2n) is 3.88. The molecule has 1 aromatic rings. The van der Waals surface area contributed by atoms with Crippen LogP contribution in [-0.2, 0) is 5.60 Å². The molecule has 0 spiro atoms. The first kappa shape index (κ1) is 11.4. The first-order valence-electron chi connectivity index (χ1n) is 5.19. The predicted octanol–water partition coefficient (Wildman–Crippen LogP) is 3.12. The Kier molecular flexibility index (Phi) is 3.65. The largest absolute Gasteiger partial charge is 0.385 e. The molecule has 1 aliphatic rings. The van der Waals surface area contributed by atoms with Crippen molar-refractivity contribution in [3.63, 3.8) is 0 Å². The Balaban J connectivity index is 2.26. The molecule has 1 nitrogen and oxygen atoms in total. The molecule has 2 rings (SSSR count). The molecule has 15 heavy (non-hydrogen) atoms. The van der Waals surface area contributed by atoms with Crippen molar-refractivity contribution in [3.8, 4) is 0 Å². The van der Waals surface area contributed by atoms with Crippen LogP contribution in [-0.4, -0.2) is 22.9 Å². The maximum atomic E-state index is 10.5. The molecule has 82 valence electrons. The van der Waals surface area contributed by atoms with Crippen LogP contribution in [0.5, 0.6) is 0 Å². The normalized spacial score (nSPS) is 20.1. The van der Waals surface area contributed by atoms with Crippen LogP contribution >= 0.6 is 23.5 Å². The first-order valence-corrected chi connectivity index (χ1v) is 7.57. The number of benzene rings is 1. The molecule has 0 atom stereocenters. The standard InChI is InChI=1S/C12H16OS2/c1-14-11-4-2-3-10(9-11)12(13)5-7-15-8-6-12/h2-4,9,13H,5-8H2,1H3. The third-order valence-electron chi connectivity index (χ3n) is 2.93. The summed E-state index contributed by atoms with van der Waals surface area (Å²) in [6.45, 7) is 0. The topological polar surface area (TPSA) is 20.2 Å². The van der Waals surface area contributed by atoms with Gasteiger partial charge in [0, 0.05) is 4.90 Å². The van der Waals surface area contributed by atoms with Gasteiger partial charge in [0.05, 0.1) is 5.60 Å². The first-order chi connectivity index (χ1) is 7.24. The van der Waals surface area contributed by atoms with Gasteiger partial charge in [0.25, 0.3) is 0 Å². The van der Waals surface area contributed by atoms with Crippen molar-refractivity contribution in [1.29, 1.82) is 0 Å². The van der Waals surface area contributed by atoms with Gasteiger partial charge >= 0.3 is 0 Å². The van der Waals surface area contributed by atoms with E-state index in [0.29, 0.717) is 0 Å². The lowest BCUT2D eigenvalue weighted by molar-refractivity contribution is 0.0279. The van der Waals surface area contributed by atoms with Gasteiger partial charge in [-0.2, -0.15) is 11.8 Å². The zero-order chi connectivity index (χ0) is 10.7. The highest BCUT2D eigenvalue weighted by molar-refractivity contribution is 7.99. The summed E-state index contributed by atoms with van der Waals surface area (Å²) in [5, 5.41) is 10.5. The Hall–Kier alpha value is -0.120. The molecule has 0 saturated carbocycles. The van der Waals surface area contributed by atoms with Crippen molar-refractivity contribution in [2.45, 2.75) is 23.3 Å². The molecule has 1 N–H and O–H groups in total. The molecule has 1 aliphatic heterocycles. The third-order valence-corrected chi connectivity index (χ3v) is 4.64. The average Bonchev–Trinajstić information content (AvgIpc) is 2.30. The summed E-state index contributed by atoms with van der Waals surface area (Å²) < 4.78 is 0. The van der Waals surface area contributed by atoms with Gasteiger partial charge in [-0.1, -0.05) is 12.1 Å². The fraction of sp³-hybridized carbons (Fsp3) is 0.500. The minimum Gasteiger partial charge on any atom is -0.385 e. The van der Waals surface area contributed by atoms with E-state index in [4.69, 9.17) is 0 Å². The lowest BCUT2D eigenvalue weighted by atomic mass is 9.88. The number of aliphatic hydroxyl groups is 1. The summed E-state index contributed by atoms with van der Waals surface area (Å²) in [6.07, 6.45) is 3.84. The molecule has 1 aromatic carbocycles. The molecule has 0 radical (unpaired) electrons. The van der Waals surface area contributed by atoms with Crippen molar-refractivity contribution < 1.29 is 5.11 Å². The molecule has 1 heterocycles.